The number of rotatable bonds is 5. The number of piperidine rings is 1. The van der Waals surface area contributed by atoms with E-state index in [4.69, 9.17) is 0 Å². The van der Waals surface area contributed by atoms with Crippen molar-refractivity contribution in [2.75, 3.05) is 25.0 Å². The maximum absolute atomic E-state index is 11.9. The third kappa shape index (κ3) is 3.22. The molecular formula is C19H24N2O2. The van der Waals surface area contributed by atoms with Crippen molar-refractivity contribution < 1.29 is 0 Å². The quantitative estimate of drug-likeness (QED) is 0.862. The summed E-state index contributed by atoms with van der Waals surface area (Å²) in [6.45, 7) is 7.00. The summed E-state index contributed by atoms with van der Waals surface area (Å²) in [5.74, 6) is 0. The average Bonchev–Trinajstić information content (AvgIpc) is 2.56. The Labute approximate surface area is 136 Å². The van der Waals surface area contributed by atoms with Crippen LogP contribution in [0.1, 0.15) is 31.7 Å². The minimum Gasteiger partial charge on any atom is -0.380 e. The van der Waals surface area contributed by atoms with E-state index in [1.54, 1.807) is 0 Å². The first kappa shape index (κ1) is 15.9. The van der Waals surface area contributed by atoms with Gasteiger partial charge in [0.15, 0.2) is 0 Å². The van der Waals surface area contributed by atoms with Crippen molar-refractivity contribution in [1.82, 2.24) is 4.90 Å². The van der Waals surface area contributed by atoms with E-state index in [2.05, 4.69) is 17.1 Å². The molecule has 1 saturated heterocycles. The minimum absolute atomic E-state index is 0.373. The number of likely N-dealkylation sites (tertiary alicyclic amines) is 1. The van der Waals surface area contributed by atoms with Crippen LogP contribution in [0.5, 0.6) is 0 Å². The van der Waals surface area contributed by atoms with Crippen molar-refractivity contribution in [3.8, 4) is 11.1 Å². The highest BCUT2D eigenvalue weighted by molar-refractivity contribution is 5.81. The highest BCUT2D eigenvalue weighted by Crippen LogP contribution is 2.24. The average molecular weight is 312 g/mol. The third-order valence-corrected chi connectivity index (χ3v) is 4.89. The van der Waals surface area contributed by atoms with Gasteiger partial charge < -0.3 is 5.32 Å². The van der Waals surface area contributed by atoms with Gasteiger partial charge in [0.1, 0.15) is 0 Å². The first-order valence-electron chi connectivity index (χ1n) is 8.46. The third-order valence-electron chi connectivity index (χ3n) is 4.89. The lowest BCUT2D eigenvalue weighted by atomic mass is 9.97. The van der Waals surface area contributed by atoms with Gasteiger partial charge in [-0.3, -0.25) is 14.5 Å². The van der Waals surface area contributed by atoms with E-state index in [9.17, 15) is 9.59 Å². The molecule has 1 unspecified atom stereocenters. The summed E-state index contributed by atoms with van der Waals surface area (Å²) in [5, 5.41) is 3.20. The highest BCUT2D eigenvalue weighted by atomic mass is 16.2. The Morgan fingerprint density at radius 3 is 2.57 bits per heavy atom. The van der Waals surface area contributed by atoms with Gasteiger partial charge in [-0.25, -0.2) is 0 Å². The number of benzene rings is 1. The van der Waals surface area contributed by atoms with Crippen molar-refractivity contribution in [2.45, 2.75) is 39.2 Å². The van der Waals surface area contributed by atoms with Crippen LogP contribution in [0.3, 0.4) is 0 Å². The maximum atomic E-state index is 11.9. The molecule has 1 heterocycles. The molecule has 2 aromatic carbocycles. The summed E-state index contributed by atoms with van der Waals surface area (Å²) in [6.07, 6.45) is 3.80. The van der Waals surface area contributed by atoms with E-state index < -0.39 is 0 Å². The molecule has 4 heteroatoms. The second kappa shape index (κ2) is 6.67. The van der Waals surface area contributed by atoms with Crippen LogP contribution < -0.4 is 16.2 Å². The predicted molar refractivity (Wildman–Crippen MR) is 94.9 cm³/mol. The van der Waals surface area contributed by atoms with Crippen LogP contribution in [-0.2, 0) is 0 Å². The van der Waals surface area contributed by atoms with E-state index in [1.165, 1.54) is 19.3 Å². The summed E-state index contributed by atoms with van der Waals surface area (Å²) >= 11 is 0. The van der Waals surface area contributed by atoms with Gasteiger partial charge >= 0.3 is 0 Å². The molecule has 1 N–H and O–H groups in total. The molecule has 0 aromatic heterocycles. The van der Waals surface area contributed by atoms with Crippen molar-refractivity contribution >= 4 is 5.69 Å². The largest absolute Gasteiger partial charge is 0.380 e. The zero-order chi connectivity index (χ0) is 16.4. The van der Waals surface area contributed by atoms with Crippen LogP contribution in [-0.4, -0.2) is 30.6 Å². The molecule has 0 saturated carbocycles. The summed E-state index contributed by atoms with van der Waals surface area (Å²) in [5.41, 5.74) is 2.25. The highest BCUT2D eigenvalue weighted by Gasteiger charge is 2.23. The Kier molecular flexibility index (Phi) is 4.62. The zero-order valence-corrected chi connectivity index (χ0v) is 13.9. The Hall–Kier alpha value is -1.94. The monoisotopic (exact) mass is 312 g/mol. The van der Waals surface area contributed by atoms with Gasteiger partial charge in [0.25, 0.3) is 0 Å². The fourth-order valence-corrected chi connectivity index (χ4v) is 3.37. The van der Waals surface area contributed by atoms with E-state index in [0.29, 0.717) is 23.8 Å². The maximum Gasteiger partial charge on any atom is 0.250 e. The fraction of sp³-hybridized carbons (Fsp3) is 0.474. The number of hydrogen-bond acceptors (Lipinski definition) is 4. The second-order valence-corrected chi connectivity index (χ2v) is 6.58. The molecule has 1 aliphatic rings. The van der Waals surface area contributed by atoms with Crippen molar-refractivity contribution in [3.05, 3.63) is 50.3 Å². The van der Waals surface area contributed by atoms with E-state index in [-0.39, 0.29) is 10.9 Å². The molecule has 3 rings (SSSR count). The van der Waals surface area contributed by atoms with Gasteiger partial charge in [0.2, 0.25) is 10.9 Å². The van der Waals surface area contributed by atoms with Crippen LogP contribution in [0, 0.1) is 6.92 Å². The first-order valence-corrected chi connectivity index (χ1v) is 8.46. The number of nitrogens with zero attached hydrogens (tertiary/aromatic N) is 1. The molecular weight excluding hydrogens is 288 g/mol. The smallest absolute Gasteiger partial charge is 0.250 e. The molecule has 2 aromatic rings. The summed E-state index contributed by atoms with van der Waals surface area (Å²) in [4.78, 5) is 26.2. The molecule has 122 valence electrons. The second-order valence-electron chi connectivity index (χ2n) is 6.58. The first-order chi connectivity index (χ1) is 11.1. The topological polar surface area (TPSA) is 49.4 Å². The standard InChI is InChI=1S/C19H24N2O2/c1-13-6-8-15(9-7-13)16-17(19(23)18(16)22)20-10-12-21-11-4-3-5-14(21)2/h6-9,14,20H,3-5,10-12H2,1-2H3. The van der Waals surface area contributed by atoms with Crippen LogP contribution in [0.2, 0.25) is 0 Å². The lowest BCUT2D eigenvalue weighted by molar-refractivity contribution is 0.167. The van der Waals surface area contributed by atoms with Gasteiger partial charge in [-0.15, -0.1) is 0 Å². The van der Waals surface area contributed by atoms with Crippen LogP contribution >= 0.6 is 0 Å². The molecule has 0 bridgehead atoms. The molecule has 23 heavy (non-hydrogen) atoms. The number of aryl methyl sites for hydroxylation is 1. The zero-order valence-electron chi connectivity index (χ0n) is 13.9. The molecule has 1 atom stereocenters. The fourth-order valence-electron chi connectivity index (χ4n) is 3.37. The molecule has 1 aliphatic heterocycles. The van der Waals surface area contributed by atoms with Gasteiger partial charge in [0.05, 0.1) is 11.3 Å². The van der Waals surface area contributed by atoms with E-state index in [0.717, 1.165) is 24.2 Å². The lowest BCUT2D eigenvalue weighted by Gasteiger charge is -2.33. The van der Waals surface area contributed by atoms with Gasteiger partial charge in [-0.05, 0) is 38.8 Å². The number of nitrogens with one attached hydrogen (secondary N) is 1. The number of hydrogen-bond donors (Lipinski definition) is 1. The van der Waals surface area contributed by atoms with Gasteiger partial charge in [-0.2, -0.15) is 0 Å². The van der Waals surface area contributed by atoms with Crippen molar-refractivity contribution in [1.29, 1.82) is 0 Å². The van der Waals surface area contributed by atoms with Crippen molar-refractivity contribution in [2.24, 2.45) is 0 Å². The van der Waals surface area contributed by atoms with Gasteiger partial charge in [-0.1, -0.05) is 36.2 Å². The summed E-state index contributed by atoms with van der Waals surface area (Å²) < 4.78 is 0. The Balaban J connectivity index is 1.67. The Morgan fingerprint density at radius 2 is 1.87 bits per heavy atom. The Morgan fingerprint density at radius 1 is 1.13 bits per heavy atom. The molecule has 0 spiro atoms. The Bertz CT molecular complexity index is 742. The van der Waals surface area contributed by atoms with E-state index in [1.807, 2.05) is 31.2 Å². The minimum atomic E-state index is -0.382. The van der Waals surface area contributed by atoms with Crippen LogP contribution in [0.4, 0.5) is 5.69 Å². The summed E-state index contributed by atoms with van der Waals surface area (Å²) in [6, 6.07) is 8.35. The van der Waals surface area contributed by atoms with Crippen LogP contribution in [0.15, 0.2) is 33.9 Å². The summed E-state index contributed by atoms with van der Waals surface area (Å²) in [7, 11) is 0. The molecule has 0 amide bonds. The lowest BCUT2D eigenvalue weighted by Crippen LogP contribution is -2.42. The SMILES string of the molecule is Cc1ccc(-c2c(NCCN3CCCCC3C)c(=O)c2=O)cc1. The normalized spacial score (nSPS) is 19.1. The molecule has 0 radical (unpaired) electrons. The molecule has 4 nitrogen and oxygen atoms in total. The van der Waals surface area contributed by atoms with Crippen molar-refractivity contribution in [3.63, 3.8) is 0 Å². The van der Waals surface area contributed by atoms with Gasteiger partial charge in [0, 0.05) is 19.1 Å². The van der Waals surface area contributed by atoms with E-state index >= 15 is 0 Å². The molecule has 1 fully saturated rings. The molecule has 0 aliphatic carbocycles. The predicted octanol–water partition coefficient (Wildman–Crippen LogP) is 2.54. The number of anilines is 1. The van der Waals surface area contributed by atoms with Crippen LogP contribution in [0.25, 0.3) is 11.1 Å².